The van der Waals surface area contributed by atoms with E-state index in [1.165, 1.54) is 0 Å². The van der Waals surface area contributed by atoms with Crippen molar-refractivity contribution in [2.24, 2.45) is 5.92 Å². The quantitative estimate of drug-likeness (QED) is 0.817. The molecule has 4 nitrogen and oxygen atoms in total. The molecule has 5 heteroatoms. The molecule has 1 N–H and O–H groups in total. The highest BCUT2D eigenvalue weighted by Crippen LogP contribution is 2.30. The summed E-state index contributed by atoms with van der Waals surface area (Å²) < 4.78 is 31.0. The third kappa shape index (κ3) is 4.18. The fraction of sp³-hybridized carbons (Fsp3) is 1.00. The SMILES string of the molecule is CCCNC1CCC(C)CC1S(=O)(=O)CC1CCCO1. The molecule has 0 aromatic heterocycles. The van der Waals surface area contributed by atoms with E-state index >= 15 is 0 Å². The summed E-state index contributed by atoms with van der Waals surface area (Å²) >= 11 is 0. The van der Waals surface area contributed by atoms with Crippen molar-refractivity contribution in [2.45, 2.75) is 69.8 Å². The Balaban J connectivity index is 2.03. The lowest BCUT2D eigenvalue weighted by atomic mass is 9.87. The standard InChI is InChI=1S/C15H29NO3S/c1-3-8-16-14-7-6-12(2)10-15(14)20(17,18)11-13-5-4-9-19-13/h12-16H,3-11H2,1-2H3. The monoisotopic (exact) mass is 303 g/mol. The minimum absolute atomic E-state index is 0.0657. The van der Waals surface area contributed by atoms with Crippen LogP contribution in [-0.4, -0.2) is 44.7 Å². The van der Waals surface area contributed by atoms with Crippen molar-refractivity contribution in [1.29, 1.82) is 0 Å². The van der Waals surface area contributed by atoms with Gasteiger partial charge in [-0.3, -0.25) is 0 Å². The summed E-state index contributed by atoms with van der Waals surface area (Å²) in [4.78, 5) is 0. The van der Waals surface area contributed by atoms with Crippen LogP contribution in [0.25, 0.3) is 0 Å². The van der Waals surface area contributed by atoms with Crippen LogP contribution < -0.4 is 5.32 Å². The Hall–Kier alpha value is -0.130. The highest BCUT2D eigenvalue weighted by Gasteiger charge is 2.39. The van der Waals surface area contributed by atoms with Gasteiger partial charge in [0.25, 0.3) is 0 Å². The Morgan fingerprint density at radius 2 is 2.05 bits per heavy atom. The van der Waals surface area contributed by atoms with Gasteiger partial charge in [-0.25, -0.2) is 8.42 Å². The molecule has 1 aliphatic heterocycles. The molecule has 0 radical (unpaired) electrons. The minimum atomic E-state index is -3.07. The van der Waals surface area contributed by atoms with E-state index in [0.29, 0.717) is 5.92 Å². The van der Waals surface area contributed by atoms with Crippen molar-refractivity contribution in [1.82, 2.24) is 5.32 Å². The van der Waals surface area contributed by atoms with Gasteiger partial charge in [-0.1, -0.05) is 13.8 Å². The van der Waals surface area contributed by atoms with Gasteiger partial charge in [0.15, 0.2) is 9.84 Å². The van der Waals surface area contributed by atoms with Crippen molar-refractivity contribution in [3.05, 3.63) is 0 Å². The molecule has 2 aliphatic rings. The first-order valence-corrected chi connectivity index (χ1v) is 9.81. The molecular formula is C15H29NO3S. The lowest BCUT2D eigenvalue weighted by Crippen LogP contribution is -2.49. The van der Waals surface area contributed by atoms with Crippen molar-refractivity contribution in [3.63, 3.8) is 0 Å². The molecule has 0 aromatic carbocycles. The average molecular weight is 303 g/mol. The number of sulfone groups is 1. The fourth-order valence-electron chi connectivity index (χ4n) is 3.45. The molecule has 0 spiro atoms. The first-order chi connectivity index (χ1) is 9.53. The van der Waals surface area contributed by atoms with Crippen molar-refractivity contribution >= 4 is 9.84 Å². The van der Waals surface area contributed by atoms with Crippen LogP contribution in [-0.2, 0) is 14.6 Å². The molecule has 4 unspecified atom stereocenters. The van der Waals surface area contributed by atoms with Gasteiger partial charge in [0, 0.05) is 12.6 Å². The van der Waals surface area contributed by atoms with Gasteiger partial charge in [0.2, 0.25) is 0 Å². The molecule has 2 fully saturated rings. The summed E-state index contributed by atoms with van der Waals surface area (Å²) in [5.74, 6) is 0.730. The normalized spacial score (nSPS) is 35.3. The molecular weight excluding hydrogens is 274 g/mol. The molecule has 118 valence electrons. The fourth-order valence-corrected chi connectivity index (χ4v) is 5.83. The number of rotatable bonds is 6. The van der Waals surface area contributed by atoms with E-state index in [9.17, 15) is 8.42 Å². The van der Waals surface area contributed by atoms with Crippen molar-refractivity contribution in [2.75, 3.05) is 18.9 Å². The van der Waals surface area contributed by atoms with E-state index in [1.54, 1.807) is 0 Å². The lowest BCUT2D eigenvalue weighted by Gasteiger charge is -2.35. The summed E-state index contributed by atoms with van der Waals surface area (Å²) in [5, 5.41) is 3.23. The van der Waals surface area contributed by atoms with Gasteiger partial charge in [0.05, 0.1) is 17.1 Å². The largest absolute Gasteiger partial charge is 0.377 e. The summed E-state index contributed by atoms with van der Waals surface area (Å²) in [6.07, 6.45) is 5.79. The van der Waals surface area contributed by atoms with Crippen LogP contribution >= 0.6 is 0 Å². The van der Waals surface area contributed by atoms with Crippen LogP contribution in [0.4, 0.5) is 0 Å². The first kappa shape index (κ1) is 16.2. The Kier molecular flexibility index (Phi) is 5.87. The van der Waals surface area contributed by atoms with Gasteiger partial charge < -0.3 is 10.1 Å². The summed E-state index contributed by atoms with van der Waals surface area (Å²) in [5.41, 5.74) is 0. The smallest absolute Gasteiger partial charge is 0.157 e. The highest BCUT2D eigenvalue weighted by molar-refractivity contribution is 7.92. The Labute approximate surface area is 123 Å². The molecule has 20 heavy (non-hydrogen) atoms. The molecule has 1 heterocycles. The van der Waals surface area contributed by atoms with E-state index in [1.807, 2.05) is 0 Å². The molecule has 1 saturated carbocycles. The topological polar surface area (TPSA) is 55.4 Å². The predicted molar refractivity (Wildman–Crippen MR) is 81.6 cm³/mol. The molecule has 4 atom stereocenters. The Morgan fingerprint density at radius 1 is 1.25 bits per heavy atom. The zero-order chi connectivity index (χ0) is 14.6. The first-order valence-electron chi connectivity index (χ1n) is 8.09. The van der Waals surface area contributed by atoms with E-state index in [2.05, 4.69) is 19.2 Å². The molecule has 1 aliphatic carbocycles. The van der Waals surface area contributed by atoms with E-state index < -0.39 is 9.84 Å². The van der Waals surface area contributed by atoms with Gasteiger partial charge in [-0.2, -0.15) is 0 Å². The zero-order valence-corrected chi connectivity index (χ0v) is 13.6. The number of nitrogens with one attached hydrogen (secondary N) is 1. The maximum Gasteiger partial charge on any atom is 0.157 e. The second kappa shape index (κ2) is 7.23. The predicted octanol–water partition coefficient (Wildman–Crippen LogP) is 2.14. The van der Waals surface area contributed by atoms with Gasteiger partial charge >= 0.3 is 0 Å². The van der Waals surface area contributed by atoms with Gasteiger partial charge in [0.1, 0.15) is 0 Å². The zero-order valence-electron chi connectivity index (χ0n) is 12.8. The molecule has 0 amide bonds. The maximum atomic E-state index is 12.7. The summed E-state index contributed by atoms with van der Waals surface area (Å²) in [7, 11) is -3.07. The van der Waals surface area contributed by atoms with Crippen LogP contribution in [0.2, 0.25) is 0 Å². The number of hydrogen-bond donors (Lipinski definition) is 1. The highest BCUT2D eigenvalue weighted by atomic mass is 32.2. The van der Waals surface area contributed by atoms with E-state index in [0.717, 1.165) is 51.7 Å². The van der Waals surface area contributed by atoms with E-state index in [-0.39, 0.29) is 23.1 Å². The maximum absolute atomic E-state index is 12.7. The average Bonchev–Trinajstić information content (AvgIpc) is 2.89. The van der Waals surface area contributed by atoms with Crippen LogP contribution in [0.15, 0.2) is 0 Å². The van der Waals surface area contributed by atoms with Crippen LogP contribution in [0.5, 0.6) is 0 Å². The molecule has 0 bridgehead atoms. The lowest BCUT2D eigenvalue weighted by molar-refractivity contribution is 0.127. The summed E-state index contributed by atoms with van der Waals surface area (Å²) in [6.45, 7) is 5.92. The molecule has 0 aromatic rings. The second-order valence-electron chi connectivity index (χ2n) is 6.48. The van der Waals surface area contributed by atoms with Crippen LogP contribution in [0.1, 0.15) is 52.4 Å². The number of ether oxygens (including phenoxy) is 1. The minimum Gasteiger partial charge on any atom is -0.377 e. The Morgan fingerprint density at radius 3 is 2.70 bits per heavy atom. The van der Waals surface area contributed by atoms with E-state index in [4.69, 9.17) is 4.74 Å². The van der Waals surface area contributed by atoms with Crippen LogP contribution in [0, 0.1) is 5.92 Å². The number of hydrogen-bond acceptors (Lipinski definition) is 4. The van der Waals surface area contributed by atoms with Crippen LogP contribution in [0.3, 0.4) is 0 Å². The van der Waals surface area contributed by atoms with Crippen molar-refractivity contribution in [3.8, 4) is 0 Å². The van der Waals surface area contributed by atoms with Crippen molar-refractivity contribution < 1.29 is 13.2 Å². The third-order valence-corrected chi connectivity index (χ3v) is 6.89. The Bertz CT molecular complexity index is 388. The van der Waals surface area contributed by atoms with Gasteiger partial charge in [-0.05, 0) is 51.0 Å². The summed E-state index contributed by atoms with van der Waals surface area (Å²) in [6, 6.07) is 0.137. The van der Waals surface area contributed by atoms with Gasteiger partial charge in [-0.15, -0.1) is 0 Å². The molecule has 2 rings (SSSR count). The molecule has 1 saturated heterocycles. The second-order valence-corrected chi connectivity index (χ2v) is 8.75. The third-order valence-electron chi connectivity index (χ3n) is 4.61.